The lowest BCUT2D eigenvalue weighted by Gasteiger charge is -2.12. The average Bonchev–Trinajstić information content (AvgIpc) is 2.40. The number of hydrogen-bond acceptors (Lipinski definition) is 3. The van der Waals surface area contributed by atoms with Crippen LogP contribution >= 0.6 is 31.9 Å². The van der Waals surface area contributed by atoms with Gasteiger partial charge in [-0.3, -0.25) is 4.72 Å². The van der Waals surface area contributed by atoms with E-state index in [9.17, 15) is 17.6 Å². The van der Waals surface area contributed by atoms with Gasteiger partial charge < -0.3 is 5.11 Å². The van der Waals surface area contributed by atoms with Crippen molar-refractivity contribution >= 4 is 53.5 Å². The maximum atomic E-state index is 13.6. The van der Waals surface area contributed by atoms with Gasteiger partial charge in [0.05, 0.1) is 5.69 Å². The molecular weight excluding hydrogens is 445 g/mol. The molecule has 0 fully saturated rings. The summed E-state index contributed by atoms with van der Waals surface area (Å²) in [4.78, 5) is 11.0. The van der Waals surface area contributed by atoms with Gasteiger partial charge in [-0.25, -0.2) is 17.6 Å². The Labute approximate surface area is 142 Å². The monoisotopic (exact) mass is 451 g/mol. The average molecular weight is 453 g/mol. The number of anilines is 1. The van der Waals surface area contributed by atoms with Gasteiger partial charge in [0.15, 0.2) is 0 Å². The Bertz CT molecular complexity index is 855. The second-order valence-electron chi connectivity index (χ2n) is 4.15. The number of carboxylic acid groups (broad SMARTS) is 1. The van der Waals surface area contributed by atoms with Gasteiger partial charge in [-0.15, -0.1) is 0 Å². The number of hydrogen-bond donors (Lipinski definition) is 2. The fourth-order valence-electron chi connectivity index (χ4n) is 1.71. The number of aromatic carboxylic acids is 1. The van der Waals surface area contributed by atoms with E-state index in [0.717, 1.165) is 6.07 Å². The molecule has 0 bridgehead atoms. The summed E-state index contributed by atoms with van der Waals surface area (Å²) >= 11 is 6.27. The van der Waals surface area contributed by atoms with Crippen molar-refractivity contribution in [3.63, 3.8) is 0 Å². The Morgan fingerprint density at radius 1 is 1.18 bits per heavy atom. The van der Waals surface area contributed by atoms with Crippen LogP contribution in [-0.2, 0) is 10.0 Å². The summed E-state index contributed by atoms with van der Waals surface area (Å²) in [5, 5.41) is 9.02. The SMILES string of the molecule is O=C(O)c1c(F)cccc1NS(=O)(=O)c1cc(Br)ccc1Br. The summed E-state index contributed by atoms with van der Waals surface area (Å²) in [6.45, 7) is 0. The molecule has 0 aliphatic heterocycles. The molecule has 116 valence electrons. The minimum absolute atomic E-state index is 0.109. The molecule has 2 rings (SSSR count). The third-order valence-corrected chi connectivity index (χ3v) is 5.51. The molecule has 0 amide bonds. The summed E-state index contributed by atoms with van der Waals surface area (Å²) in [5.74, 6) is -2.59. The van der Waals surface area contributed by atoms with E-state index in [-0.39, 0.29) is 15.1 Å². The topological polar surface area (TPSA) is 83.5 Å². The van der Waals surface area contributed by atoms with Gasteiger partial charge in [-0.05, 0) is 46.3 Å². The zero-order valence-corrected chi connectivity index (χ0v) is 14.7. The Morgan fingerprint density at radius 2 is 1.86 bits per heavy atom. The van der Waals surface area contributed by atoms with Crippen molar-refractivity contribution in [2.75, 3.05) is 4.72 Å². The van der Waals surface area contributed by atoms with E-state index in [2.05, 4.69) is 36.6 Å². The normalized spacial score (nSPS) is 11.2. The number of sulfonamides is 1. The molecule has 2 aromatic carbocycles. The van der Waals surface area contributed by atoms with Crippen LogP contribution in [0, 0.1) is 5.82 Å². The zero-order valence-electron chi connectivity index (χ0n) is 10.7. The maximum absolute atomic E-state index is 13.6. The molecule has 0 heterocycles. The van der Waals surface area contributed by atoms with E-state index >= 15 is 0 Å². The lowest BCUT2D eigenvalue weighted by Crippen LogP contribution is -2.17. The molecule has 5 nitrogen and oxygen atoms in total. The molecule has 0 radical (unpaired) electrons. The van der Waals surface area contributed by atoms with E-state index in [0.29, 0.717) is 4.47 Å². The second kappa shape index (κ2) is 6.35. The van der Waals surface area contributed by atoms with Gasteiger partial charge in [0, 0.05) is 8.95 Å². The molecule has 9 heteroatoms. The summed E-state index contributed by atoms with van der Waals surface area (Å²) in [6, 6.07) is 7.82. The van der Waals surface area contributed by atoms with E-state index in [4.69, 9.17) is 5.11 Å². The van der Waals surface area contributed by atoms with Gasteiger partial charge >= 0.3 is 5.97 Å². The quantitative estimate of drug-likeness (QED) is 0.737. The first-order chi connectivity index (χ1) is 10.2. The summed E-state index contributed by atoms with van der Waals surface area (Å²) < 4.78 is 41.3. The van der Waals surface area contributed by atoms with E-state index in [1.165, 1.54) is 24.3 Å². The molecule has 0 atom stereocenters. The summed E-state index contributed by atoms with van der Waals surface area (Å²) in [7, 11) is -4.10. The van der Waals surface area contributed by atoms with E-state index < -0.39 is 27.4 Å². The molecule has 2 N–H and O–H groups in total. The first-order valence-electron chi connectivity index (χ1n) is 5.72. The third-order valence-electron chi connectivity index (χ3n) is 2.65. The number of rotatable bonds is 4. The highest BCUT2D eigenvalue weighted by Crippen LogP contribution is 2.29. The Balaban J connectivity index is 2.53. The van der Waals surface area contributed by atoms with Gasteiger partial charge in [0.1, 0.15) is 16.3 Å². The van der Waals surface area contributed by atoms with Crippen molar-refractivity contribution in [3.05, 3.63) is 56.7 Å². The van der Waals surface area contributed by atoms with Crippen LogP contribution in [0.4, 0.5) is 10.1 Å². The molecule has 0 unspecified atom stereocenters. The predicted molar refractivity (Wildman–Crippen MR) is 86.0 cm³/mol. The van der Waals surface area contributed by atoms with Crippen LogP contribution in [0.3, 0.4) is 0 Å². The number of nitrogens with one attached hydrogen (secondary N) is 1. The van der Waals surface area contributed by atoms with Gasteiger partial charge in [0.2, 0.25) is 0 Å². The van der Waals surface area contributed by atoms with Crippen LogP contribution < -0.4 is 4.72 Å². The molecule has 22 heavy (non-hydrogen) atoms. The number of halogens is 3. The minimum Gasteiger partial charge on any atom is -0.478 e. The highest BCUT2D eigenvalue weighted by molar-refractivity contribution is 9.11. The van der Waals surface area contributed by atoms with Crippen molar-refractivity contribution in [2.24, 2.45) is 0 Å². The van der Waals surface area contributed by atoms with Crippen LogP contribution in [0.1, 0.15) is 10.4 Å². The van der Waals surface area contributed by atoms with Crippen molar-refractivity contribution < 1.29 is 22.7 Å². The van der Waals surface area contributed by atoms with Gasteiger partial charge in [-0.2, -0.15) is 0 Å². The van der Waals surface area contributed by atoms with Crippen LogP contribution in [-0.4, -0.2) is 19.5 Å². The molecule has 0 aromatic heterocycles. The summed E-state index contributed by atoms with van der Waals surface area (Å²) in [6.07, 6.45) is 0. The number of carbonyl (C=O) groups is 1. The van der Waals surface area contributed by atoms with Crippen molar-refractivity contribution in [2.45, 2.75) is 4.90 Å². The number of benzene rings is 2. The highest BCUT2D eigenvalue weighted by Gasteiger charge is 2.23. The lowest BCUT2D eigenvalue weighted by atomic mass is 10.2. The Hall–Kier alpha value is -1.45. The fourth-order valence-corrected chi connectivity index (χ4v) is 4.28. The second-order valence-corrected chi connectivity index (χ2v) is 7.57. The Morgan fingerprint density at radius 3 is 2.50 bits per heavy atom. The van der Waals surface area contributed by atoms with Crippen LogP contribution in [0.15, 0.2) is 50.2 Å². The molecular formula is C13H8Br2FNO4S. The van der Waals surface area contributed by atoms with Crippen LogP contribution in [0.25, 0.3) is 0 Å². The standard InChI is InChI=1S/C13H8Br2FNO4S/c14-7-4-5-8(15)11(6-7)22(20,21)17-10-3-1-2-9(16)12(10)13(18)19/h1-6,17H,(H,18,19). The largest absolute Gasteiger partial charge is 0.478 e. The maximum Gasteiger partial charge on any atom is 0.340 e. The van der Waals surface area contributed by atoms with Gasteiger partial charge in [0.25, 0.3) is 10.0 Å². The zero-order chi connectivity index (χ0) is 16.5. The van der Waals surface area contributed by atoms with E-state index in [1.54, 1.807) is 6.07 Å². The van der Waals surface area contributed by atoms with E-state index in [1.807, 2.05) is 0 Å². The van der Waals surface area contributed by atoms with Crippen LogP contribution in [0.5, 0.6) is 0 Å². The summed E-state index contributed by atoms with van der Waals surface area (Å²) in [5.41, 5.74) is -1.09. The molecule has 0 aliphatic rings. The predicted octanol–water partition coefficient (Wildman–Crippen LogP) is 3.85. The van der Waals surface area contributed by atoms with Gasteiger partial charge in [-0.1, -0.05) is 22.0 Å². The fraction of sp³-hybridized carbons (Fsp3) is 0. The highest BCUT2D eigenvalue weighted by atomic mass is 79.9. The third kappa shape index (κ3) is 3.47. The molecule has 0 saturated carbocycles. The Kier molecular flexibility index (Phi) is 4.88. The van der Waals surface area contributed by atoms with Crippen LogP contribution in [0.2, 0.25) is 0 Å². The van der Waals surface area contributed by atoms with Crippen molar-refractivity contribution in [1.82, 2.24) is 0 Å². The van der Waals surface area contributed by atoms with Crippen molar-refractivity contribution in [3.8, 4) is 0 Å². The first kappa shape index (κ1) is 16.9. The molecule has 2 aromatic rings. The number of carboxylic acids is 1. The first-order valence-corrected chi connectivity index (χ1v) is 8.79. The molecule has 0 aliphatic carbocycles. The lowest BCUT2D eigenvalue weighted by molar-refractivity contribution is 0.0693. The van der Waals surface area contributed by atoms with Crippen molar-refractivity contribution in [1.29, 1.82) is 0 Å². The minimum atomic E-state index is -4.10. The molecule has 0 saturated heterocycles. The molecule has 0 spiro atoms. The smallest absolute Gasteiger partial charge is 0.340 e.